The summed E-state index contributed by atoms with van der Waals surface area (Å²) >= 11 is 2.91. The van der Waals surface area contributed by atoms with Gasteiger partial charge in [0.25, 0.3) is 0 Å². The molecule has 0 atom stereocenters. The van der Waals surface area contributed by atoms with Crippen LogP contribution in [0.1, 0.15) is 12.0 Å². The average Bonchev–Trinajstić information content (AvgIpc) is 2.71. The average molecular weight is 255 g/mol. The molecule has 1 heterocycles. The van der Waals surface area contributed by atoms with E-state index >= 15 is 0 Å². The Labute approximate surface area is 103 Å². The van der Waals surface area contributed by atoms with E-state index in [9.17, 15) is 4.79 Å². The maximum Gasteiger partial charge on any atom is 0.235 e. The van der Waals surface area contributed by atoms with Crippen LogP contribution in [0.2, 0.25) is 0 Å². The van der Waals surface area contributed by atoms with Crippen molar-refractivity contribution in [1.29, 1.82) is 5.26 Å². The molecule has 0 saturated heterocycles. The molecule has 0 unspecified atom stereocenters. The molecule has 16 heavy (non-hydrogen) atoms. The van der Waals surface area contributed by atoms with Crippen LogP contribution in [0.5, 0.6) is 0 Å². The van der Waals surface area contributed by atoms with E-state index in [4.69, 9.17) is 11.0 Å². The Morgan fingerprint density at radius 1 is 1.69 bits per heavy atom. The Balaban J connectivity index is 2.32. The summed E-state index contributed by atoms with van der Waals surface area (Å²) in [5.41, 5.74) is 5.86. The van der Waals surface area contributed by atoms with Crippen molar-refractivity contribution in [1.82, 2.24) is 0 Å². The lowest BCUT2D eigenvalue weighted by Crippen LogP contribution is -2.14. The van der Waals surface area contributed by atoms with Gasteiger partial charge in [0.2, 0.25) is 5.91 Å². The van der Waals surface area contributed by atoms with Crippen LogP contribution in [0.25, 0.3) is 0 Å². The SMILES string of the molecule is N#Cc1ccsc1NC(=O)CSCCCN. The van der Waals surface area contributed by atoms with Crippen LogP contribution in [0.4, 0.5) is 5.00 Å². The maximum absolute atomic E-state index is 11.5. The number of rotatable bonds is 6. The first-order chi connectivity index (χ1) is 7.77. The second kappa shape index (κ2) is 7.28. The lowest BCUT2D eigenvalue weighted by Gasteiger charge is -2.02. The van der Waals surface area contributed by atoms with Gasteiger partial charge in [0.05, 0.1) is 11.3 Å². The van der Waals surface area contributed by atoms with Gasteiger partial charge in [-0.15, -0.1) is 11.3 Å². The quantitative estimate of drug-likeness (QED) is 0.757. The van der Waals surface area contributed by atoms with Crippen LogP contribution < -0.4 is 11.1 Å². The van der Waals surface area contributed by atoms with Gasteiger partial charge in [0.1, 0.15) is 11.1 Å². The number of nitrogens with two attached hydrogens (primary N) is 1. The molecule has 6 heteroatoms. The zero-order valence-corrected chi connectivity index (χ0v) is 10.4. The predicted octanol–water partition coefficient (Wildman–Crippen LogP) is 1.64. The van der Waals surface area contributed by atoms with Gasteiger partial charge in [-0.2, -0.15) is 17.0 Å². The van der Waals surface area contributed by atoms with E-state index < -0.39 is 0 Å². The fourth-order valence-corrected chi connectivity index (χ4v) is 2.53. The monoisotopic (exact) mass is 255 g/mol. The smallest absolute Gasteiger partial charge is 0.235 e. The molecule has 0 aliphatic carbocycles. The highest BCUT2D eigenvalue weighted by Crippen LogP contribution is 2.22. The number of carbonyl (C=O) groups excluding carboxylic acids is 1. The van der Waals surface area contributed by atoms with E-state index in [1.54, 1.807) is 23.2 Å². The molecule has 1 rings (SSSR count). The summed E-state index contributed by atoms with van der Waals surface area (Å²) < 4.78 is 0. The number of nitrogens with zero attached hydrogens (tertiary/aromatic N) is 1. The number of thiophene rings is 1. The molecule has 0 radical (unpaired) electrons. The molecule has 0 aliphatic heterocycles. The number of anilines is 1. The molecule has 1 amide bonds. The molecule has 3 N–H and O–H groups in total. The minimum Gasteiger partial charge on any atom is -0.330 e. The Hall–Kier alpha value is -1.03. The summed E-state index contributed by atoms with van der Waals surface area (Å²) in [6, 6.07) is 3.73. The summed E-state index contributed by atoms with van der Waals surface area (Å²) in [4.78, 5) is 11.5. The van der Waals surface area contributed by atoms with Crippen molar-refractivity contribution in [2.45, 2.75) is 6.42 Å². The van der Waals surface area contributed by atoms with Gasteiger partial charge in [-0.3, -0.25) is 4.79 Å². The standard InChI is InChI=1S/C10H13N3OS2/c11-3-1-4-15-7-9(14)13-10-8(6-12)2-5-16-10/h2,5H,1,3-4,7,11H2,(H,13,14). The number of nitriles is 1. The Morgan fingerprint density at radius 2 is 2.50 bits per heavy atom. The summed E-state index contributed by atoms with van der Waals surface area (Å²) in [5.74, 6) is 1.23. The molecule has 1 aromatic rings. The molecule has 0 saturated carbocycles. The second-order valence-corrected chi connectivity index (χ2v) is 5.04. The number of hydrogen-bond donors (Lipinski definition) is 2. The number of carbonyl (C=O) groups is 1. The van der Waals surface area contributed by atoms with Crippen molar-refractivity contribution >= 4 is 34.0 Å². The fraction of sp³-hybridized carbons (Fsp3) is 0.400. The summed E-state index contributed by atoms with van der Waals surface area (Å²) in [5, 5.41) is 13.9. The third-order valence-electron chi connectivity index (χ3n) is 1.76. The Bertz CT molecular complexity index is 384. The highest BCUT2D eigenvalue weighted by molar-refractivity contribution is 7.99. The fourth-order valence-electron chi connectivity index (χ4n) is 1.01. The molecule has 0 aromatic carbocycles. The molecule has 0 bridgehead atoms. The highest BCUT2D eigenvalue weighted by atomic mass is 32.2. The van der Waals surface area contributed by atoms with E-state index in [-0.39, 0.29) is 5.91 Å². The van der Waals surface area contributed by atoms with Crippen molar-refractivity contribution in [2.75, 3.05) is 23.4 Å². The maximum atomic E-state index is 11.5. The van der Waals surface area contributed by atoms with Crippen LogP contribution in [0.15, 0.2) is 11.4 Å². The van der Waals surface area contributed by atoms with Crippen molar-refractivity contribution < 1.29 is 4.79 Å². The van der Waals surface area contributed by atoms with Crippen molar-refractivity contribution in [3.8, 4) is 6.07 Å². The van der Waals surface area contributed by atoms with Gasteiger partial charge in [0.15, 0.2) is 0 Å². The first kappa shape index (κ1) is 13.0. The van der Waals surface area contributed by atoms with Crippen LogP contribution in [-0.4, -0.2) is 24.0 Å². The molecule has 4 nitrogen and oxygen atoms in total. The number of hydrogen-bond acceptors (Lipinski definition) is 5. The largest absolute Gasteiger partial charge is 0.330 e. The van der Waals surface area contributed by atoms with Crippen molar-refractivity contribution in [2.24, 2.45) is 5.73 Å². The third kappa shape index (κ3) is 4.23. The van der Waals surface area contributed by atoms with Crippen molar-refractivity contribution in [3.05, 3.63) is 17.0 Å². The second-order valence-electron chi connectivity index (χ2n) is 3.02. The lowest BCUT2D eigenvalue weighted by molar-refractivity contribution is -0.113. The number of nitrogens with one attached hydrogen (secondary N) is 1. The summed E-state index contributed by atoms with van der Waals surface area (Å²) in [7, 11) is 0. The Kier molecular flexibility index (Phi) is 5.93. The van der Waals surface area contributed by atoms with Crippen LogP contribution in [-0.2, 0) is 4.79 Å². The van der Waals surface area contributed by atoms with Gasteiger partial charge in [-0.25, -0.2) is 0 Å². The molecule has 1 aromatic heterocycles. The molecule has 86 valence electrons. The van der Waals surface area contributed by atoms with E-state index in [1.807, 2.05) is 6.07 Å². The summed E-state index contributed by atoms with van der Waals surface area (Å²) in [6.45, 7) is 0.651. The highest BCUT2D eigenvalue weighted by Gasteiger charge is 2.07. The minimum atomic E-state index is -0.0685. The predicted molar refractivity (Wildman–Crippen MR) is 68.7 cm³/mol. The lowest BCUT2D eigenvalue weighted by atomic mass is 10.3. The van der Waals surface area contributed by atoms with Gasteiger partial charge < -0.3 is 11.1 Å². The van der Waals surface area contributed by atoms with Gasteiger partial charge >= 0.3 is 0 Å². The molecule has 0 spiro atoms. The van der Waals surface area contributed by atoms with E-state index in [0.29, 0.717) is 22.9 Å². The number of amides is 1. The zero-order valence-electron chi connectivity index (χ0n) is 8.73. The van der Waals surface area contributed by atoms with E-state index in [0.717, 1.165) is 12.2 Å². The van der Waals surface area contributed by atoms with Crippen LogP contribution in [0.3, 0.4) is 0 Å². The van der Waals surface area contributed by atoms with Crippen molar-refractivity contribution in [3.63, 3.8) is 0 Å². The molecular formula is C10H13N3OS2. The first-order valence-electron chi connectivity index (χ1n) is 4.83. The van der Waals surface area contributed by atoms with E-state index in [2.05, 4.69) is 5.32 Å². The minimum absolute atomic E-state index is 0.0685. The van der Waals surface area contributed by atoms with Gasteiger partial charge in [-0.1, -0.05) is 0 Å². The van der Waals surface area contributed by atoms with E-state index in [1.165, 1.54) is 11.3 Å². The molecule has 0 aliphatic rings. The Morgan fingerprint density at radius 3 is 3.19 bits per heavy atom. The topological polar surface area (TPSA) is 78.9 Å². The normalized spacial score (nSPS) is 9.75. The van der Waals surface area contributed by atoms with Crippen LogP contribution in [0, 0.1) is 11.3 Å². The summed E-state index contributed by atoms with van der Waals surface area (Å²) in [6.07, 6.45) is 0.917. The van der Waals surface area contributed by atoms with Crippen LogP contribution >= 0.6 is 23.1 Å². The third-order valence-corrected chi connectivity index (χ3v) is 3.64. The first-order valence-corrected chi connectivity index (χ1v) is 6.86. The van der Waals surface area contributed by atoms with Gasteiger partial charge in [0, 0.05) is 0 Å². The zero-order chi connectivity index (χ0) is 11.8. The number of thioether (sulfide) groups is 1. The van der Waals surface area contributed by atoms with Gasteiger partial charge in [-0.05, 0) is 30.2 Å². The molecule has 0 fully saturated rings. The molecular weight excluding hydrogens is 242 g/mol.